The molecule has 0 aromatic heterocycles. The molecule has 0 saturated carbocycles. The van der Waals surface area contributed by atoms with Gasteiger partial charge in [-0.15, -0.1) is 11.6 Å². The summed E-state index contributed by atoms with van der Waals surface area (Å²) in [6.45, 7) is 0. The predicted octanol–water partition coefficient (Wildman–Crippen LogP) is 2.83. The minimum atomic E-state index is -2.85. The van der Waals surface area contributed by atoms with Gasteiger partial charge in [-0.3, -0.25) is 0 Å². The van der Waals surface area contributed by atoms with Crippen molar-refractivity contribution in [3.63, 3.8) is 0 Å². The minimum absolute atomic E-state index is 0.243. The molecule has 90 valence electrons. The van der Waals surface area contributed by atoms with E-state index in [2.05, 4.69) is 0 Å². The average molecular weight is 261 g/mol. The molecule has 0 radical (unpaired) electrons. The standard InChI is InChI=1S/C12H17ClO2S/c1-16(14,15)9-5-8-12(10-13)11-6-3-2-4-7-11/h2-4,6-7,12H,5,8-10H2,1H3. The first kappa shape index (κ1) is 13.5. The molecule has 0 amide bonds. The van der Waals surface area contributed by atoms with Gasteiger partial charge in [0.05, 0.1) is 0 Å². The van der Waals surface area contributed by atoms with Gasteiger partial charge >= 0.3 is 0 Å². The Bertz CT molecular complexity index is 400. The van der Waals surface area contributed by atoms with Gasteiger partial charge in [0, 0.05) is 17.9 Å². The molecule has 1 atom stereocenters. The van der Waals surface area contributed by atoms with Crippen molar-refractivity contribution in [2.45, 2.75) is 18.8 Å². The first-order valence-corrected chi connectivity index (χ1v) is 7.91. The third-order valence-electron chi connectivity index (χ3n) is 2.52. The fourth-order valence-corrected chi connectivity index (χ4v) is 2.67. The molecular weight excluding hydrogens is 244 g/mol. The number of alkyl halides is 1. The van der Waals surface area contributed by atoms with E-state index < -0.39 is 9.84 Å². The maximum absolute atomic E-state index is 11.0. The van der Waals surface area contributed by atoms with Gasteiger partial charge in [0.2, 0.25) is 0 Å². The summed E-state index contributed by atoms with van der Waals surface area (Å²) >= 11 is 5.90. The minimum Gasteiger partial charge on any atom is -0.229 e. The van der Waals surface area contributed by atoms with Crippen molar-refractivity contribution in [2.75, 3.05) is 17.9 Å². The molecule has 4 heteroatoms. The van der Waals surface area contributed by atoms with Crippen LogP contribution in [0, 0.1) is 0 Å². The second kappa shape index (κ2) is 6.26. The van der Waals surface area contributed by atoms with Crippen molar-refractivity contribution in [1.82, 2.24) is 0 Å². The van der Waals surface area contributed by atoms with Gasteiger partial charge in [-0.1, -0.05) is 30.3 Å². The first-order chi connectivity index (χ1) is 7.53. The lowest BCUT2D eigenvalue weighted by atomic mass is 9.97. The fraction of sp³-hybridized carbons (Fsp3) is 0.500. The van der Waals surface area contributed by atoms with Crippen LogP contribution in [0.5, 0.6) is 0 Å². The van der Waals surface area contributed by atoms with Crippen LogP contribution in [0.4, 0.5) is 0 Å². The fourth-order valence-electron chi connectivity index (χ4n) is 1.65. The highest BCUT2D eigenvalue weighted by Gasteiger charge is 2.11. The summed E-state index contributed by atoms with van der Waals surface area (Å²) in [5, 5.41) is 0. The summed E-state index contributed by atoms with van der Waals surface area (Å²) in [5.74, 6) is 1.03. The van der Waals surface area contributed by atoms with Crippen LogP contribution in [0.1, 0.15) is 24.3 Å². The highest BCUT2D eigenvalue weighted by molar-refractivity contribution is 7.90. The van der Waals surface area contributed by atoms with Gasteiger partial charge in [-0.25, -0.2) is 8.42 Å². The zero-order valence-corrected chi connectivity index (χ0v) is 11.0. The Kier molecular flexibility index (Phi) is 5.29. The molecule has 0 aliphatic carbocycles. The second-order valence-electron chi connectivity index (χ2n) is 4.03. The molecule has 0 fully saturated rings. The quantitative estimate of drug-likeness (QED) is 0.737. The first-order valence-electron chi connectivity index (χ1n) is 5.31. The highest BCUT2D eigenvalue weighted by Crippen LogP contribution is 2.22. The second-order valence-corrected chi connectivity index (χ2v) is 6.60. The Labute approximate surface area is 103 Å². The lowest BCUT2D eigenvalue weighted by Gasteiger charge is -2.13. The summed E-state index contributed by atoms with van der Waals surface area (Å²) in [6, 6.07) is 9.99. The van der Waals surface area contributed by atoms with E-state index in [1.807, 2.05) is 30.3 Å². The van der Waals surface area contributed by atoms with Crippen molar-refractivity contribution in [3.05, 3.63) is 35.9 Å². The van der Waals surface area contributed by atoms with E-state index >= 15 is 0 Å². The van der Waals surface area contributed by atoms with Crippen molar-refractivity contribution in [3.8, 4) is 0 Å². The summed E-state index contributed by atoms with van der Waals surface area (Å²) in [4.78, 5) is 0. The normalized spacial score (nSPS) is 13.6. The molecule has 0 N–H and O–H groups in total. The van der Waals surface area contributed by atoms with Gasteiger partial charge in [0.1, 0.15) is 9.84 Å². The van der Waals surface area contributed by atoms with Crippen molar-refractivity contribution < 1.29 is 8.42 Å². The number of rotatable bonds is 6. The molecule has 0 aliphatic rings. The van der Waals surface area contributed by atoms with Crippen LogP contribution >= 0.6 is 11.6 Å². The van der Waals surface area contributed by atoms with Crippen LogP contribution in [-0.2, 0) is 9.84 Å². The summed E-state index contributed by atoms with van der Waals surface area (Å²) < 4.78 is 22.0. The van der Waals surface area contributed by atoms with E-state index in [9.17, 15) is 8.42 Å². The molecule has 0 aliphatic heterocycles. The lowest BCUT2D eigenvalue weighted by Crippen LogP contribution is -2.07. The maximum atomic E-state index is 11.0. The molecule has 1 unspecified atom stereocenters. The Hall–Kier alpha value is -0.540. The highest BCUT2D eigenvalue weighted by atomic mass is 35.5. The van der Waals surface area contributed by atoms with Crippen LogP contribution in [0.25, 0.3) is 0 Å². The molecule has 1 aromatic rings. The molecule has 0 heterocycles. The number of benzene rings is 1. The number of hydrogen-bond acceptors (Lipinski definition) is 2. The van der Waals surface area contributed by atoms with E-state index in [-0.39, 0.29) is 11.7 Å². The largest absolute Gasteiger partial charge is 0.229 e. The van der Waals surface area contributed by atoms with E-state index in [0.29, 0.717) is 12.3 Å². The monoisotopic (exact) mass is 260 g/mol. The van der Waals surface area contributed by atoms with E-state index in [1.54, 1.807) is 0 Å². The summed E-state index contributed by atoms with van der Waals surface area (Å²) in [7, 11) is -2.85. The number of halogens is 1. The van der Waals surface area contributed by atoms with Gasteiger partial charge in [0.25, 0.3) is 0 Å². The Morgan fingerprint density at radius 1 is 1.25 bits per heavy atom. The summed E-state index contributed by atoms with van der Waals surface area (Å²) in [6.07, 6.45) is 2.76. The zero-order valence-electron chi connectivity index (χ0n) is 9.40. The SMILES string of the molecule is CS(=O)(=O)CCCC(CCl)c1ccccc1. The van der Waals surface area contributed by atoms with Gasteiger partial charge in [-0.05, 0) is 24.3 Å². The van der Waals surface area contributed by atoms with E-state index in [0.717, 1.165) is 6.42 Å². The van der Waals surface area contributed by atoms with Gasteiger partial charge < -0.3 is 0 Å². The predicted molar refractivity (Wildman–Crippen MR) is 68.8 cm³/mol. The molecule has 2 nitrogen and oxygen atoms in total. The van der Waals surface area contributed by atoms with E-state index in [1.165, 1.54) is 11.8 Å². The van der Waals surface area contributed by atoms with Gasteiger partial charge in [-0.2, -0.15) is 0 Å². The van der Waals surface area contributed by atoms with Crippen LogP contribution in [-0.4, -0.2) is 26.3 Å². The van der Waals surface area contributed by atoms with Crippen molar-refractivity contribution in [1.29, 1.82) is 0 Å². The average Bonchev–Trinajstić information content (AvgIpc) is 2.24. The zero-order chi connectivity index (χ0) is 12.0. The number of sulfone groups is 1. The Morgan fingerprint density at radius 3 is 2.38 bits per heavy atom. The van der Waals surface area contributed by atoms with E-state index in [4.69, 9.17) is 11.6 Å². The third kappa shape index (κ3) is 4.99. The summed E-state index contributed by atoms with van der Waals surface area (Å²) in [5.41, 5.74) is 1.19. The smallest absolute Gasteiger partial charge is 0.147 e. The number of hydrogen-bond donors (Lipinski definition) is 0. The maximum Gasteiger partial charge on any atom is 0.147 e. The van der Waals surface area contributed by atoms with Crippen molar-refractivity contribution >= 4 is 21.4 Å². The van der Waals surface area contributed by atoms with Crippen molar-refractivity contribution in [2.24, 2.45) is 0 Å². The molecule has 0 saturated heterocycles. The molecular formula is C12H17ClO2S. The Morgan fingerprint density at radius 2 is 1.88 bits per heavy atom. The lowest BCUT2D eigenvalue weighted by molar-refractivity contribution is 0.592. The van der Waals surface area contributed by atoms with Gasteiger partial charge in [0.15, 0.2) is 0 Å². The van der Waals surface area contributed by atoms with Crippen LogP contribution in [0.2, 0.25) is 0 Å². The third-order valence-corrected chi connectivity index (χ3v) is 3.93. The Balaban J connectivity index is 2.51. The van der Waals surface area contributed by atoms with Crippen LogP contribution in [0.15, 0.2) is 30.3 Å². The molecule has 0 spiro atoms. The topological polar surface area (TPSA) is 34.1 Å². The molecule has 1 rings (SSSR count). The van der Waals surface area contributed by atoms with Crippen LogP contribution in [0.3, 0.4) is 0 Å². The molecule has 1 aromatic carbocycles. The van der Waals surface area contributed by atoms with Crippen LogP contribution < -0.4 is 0 Å². The molecule has 0 bridgehead atoms. The molecule has 16 heavy (non-hydrogen) atoms.